The Balaban J connectivity index is 1.85. The molecule has 2 aromatic heterocycles. The highest BCUT2D eigenvalue weighted by atomic mass is 32.1. The van der Waals surface area contributed by atoms with E-state index in [0.29, 0.717) is 12.3 Å². The summed E-state index contributed by atoms with van der Waals surface area (Å²) in [4.78, 5) is 5.88. The van der Waals surface area contributed by atoms with E-state index in [0.717, 1.165) is 28.4 Å². The highest BCUT2D eigenvalue weighted by Crippen LogP contribution is 2.33. The molecule has 3 rings (SSSR count). The topological polar surface area (TPSA) is 48.1 Å². The summed E-state index contributed by atoms with van der Waals surface area (Å²) < 4.78 is 5.60. The lowest BCUT2D eigenvalue weighted by atomic mass is 10.2. The van der Waals surface area contributed by atoms with Gasteiger partial charge in [0.1, 0.15) is 10.8 Å². The third-order valence-corrected chi connectivity index (χ3v) is 4.78. The van der Waals surface area contributed by atoms with Crippen molar-refractivity contribution >= 4 is 28.4 Å². The fourth-order valence-corrected chi connectivity index (χ4v) is 3.55. The van der Waals surface area contributed by atoms with Crippen LogP contribution in [-0.4, -0.2) is 11.6 Å². The van der Waals surface area contributed by atoms with E-state index < -0.39 is 0 Å². The SMILES string of the molecule is CCCOc1ccc(-c2nc(-c3cccs3)cs2)cc1N. The Morgan fingerprint density at radius 2 is 2.14 bits per heavy atom. The lowest BCUT2D eigenvalue weighted by Crippen LogP contribution is -1.99. The predicted molar refractivity (Wildman–Crippen MR) is 91.1 cm³/mol. The Hall–Kier alpha value is -1.85. The van der Waals surface area contributed by atoms with Gasteiger partial charge in [-0.2, -0.15) is 0 Å². The molecule has 0 bridgehead atoms. The van der Waals surface area contributed by atoms with E-state index in [1.54, 1.807) is 22.7 Å². The number of ether oxygens (including phenoxy) is 1. The maximum atomic E-state index is 6.05. The maximum absolute atomic E-state index is 6.05. The van der Waals surface area contributed by atoms with Crippen LogP contribution in [0.2, 0.25) is 0 Å². The van der Waals surface area contributed by atoms with E-state index in [9.17, 15) is 0 Å². The van der Waals surface area contributed by atoms with Crippen molar-refractivity contribution in [1.29, 1.82) is 0 Å². The molecule has 1 aromatic carbocycles. The molecule has 21 heavy (non-hydrogen) atoms. The first-order chi connectivity index (χ1) is 10.3. The fourth-order valence-electron chi connectivity index (χ4n) is 1.97. The van der Waals surface area contributed by atoms with Gasteiger partial charge >= 0.3 is 0 Å². The van der Waals surface area contributed by atoms with Gasteiger partial charge in [0.05, 0.1) is 22.9 Å². The molecule has 5 heteroatoms. The molecule has 0 saturated heterocycles. The van der Waals surface area contributed by atoms with Gasteiger partial charge in [0.2, 0.25) is 0 Å². The van der Waals surface area contributed by atoms with Crippen LogP contribution in [0.25, 0.3) is 21.1 Å². The van der Waals surface area contributed by atoms with Gasteiger partial charge in [-0.25, -0.2) is 4.98 Å². The van der Waals surface area contributed by atoms with E-state index in [4.69, 9.17) is 10.5 Å². The number of rotatable bonds is 5. The minimum atomic E-state index is 0.661. The van der Waals surface area contributed by atoms with Gasteiger partial charge in [0.25, 0.3) is 0 Å². The minimum Gasteiger partial charge on any atom is -0.491 e. The van der Waals surface area contributed by atoms with E-state index >= 15 is 0 Å². The first kappa shape index (κ1) is 14.1. The molecule has 0 fully saturated rings. The number of anilines is 1. The molecule has 0 aliphatic rings. The molecule has 2 N–H and O–H groups in total. The number of hydrogen-bond acceptors (Lipinski definition) is 5. The zero-order valence-electron chi connectivity index (χ0n) is 11.7. The number of thiophene rings is 1. The average Bonchev–Trinajstić information content (AvgIpc) is 3.16. The van der Waals surface area contributed by atoms with Gasteiger partial charge in [-0.05, 0) is 36.1 Å². The second-order valence-corrected chi connectivity index (χ2v) is 6.42. The summed E-state index contributed by atoms with van der Waals surface area (Å²) in [6.07, 6.45) is 0.970. The van der Waals surface area contributed by atoms with Crippen molar-refractivity contribution in [3.05, 3.63) is 41.1 Å². The normalized spacial score (nSPS) is 10.7. The number of thiazole rings is 1. The summed E-state index contributed by atoms with van der Waals surface area (Å²) in [5, 5.41) is 5.12. The van der Waals surface area contributed by atoms with Gasteiger partial charge in [0.15, 0.2) is 0 Å². The Labute approximate surface area is 132 Å². The van der Waals surface area contributed by atoms with Crippen molar-refractivity contribution < 1.29 is 4.74 Å². The minimum absolute atomic E-state index is 0.661. The number of aromatic nitrogens is 1. The molecule has 2 heterocycles. The third kappa shape index (κ3) is 3.09. The molecule has 3 aromatic rings. The van der Waals surface area contributed by atoms with Crippen molar-refractivity contribution in [1.82, 2.24) is 4.98 Å². The molecule has 0 aliphatic carbocycles. The number of hydrogen-bond donors (Lipinski definition) is 1. The second kappa shape index (κ2) is 6.28. The predicted octanol–water partition coefficient (Wildman–Crippen LogP) is 4.91. The first-order valence-electron chi connectivity index (χ1n) is 6.80. The zero-order valence-corrected chi connectivity index (χ0v) is 13.3. The van der Waals surface area contributed by atoms with Gasteiger partial charge in [-0.1, -0.05) is 13.0 Å². The molecular weight excluding hydrogens is 300 g/mol. The zero-order chi connectivity index (χ0) is 14.7. The van der Waals surface area contributed by atoms with Crippen LogP contribution in [0.15, 0.2) is 41.1 Å². The van der Waals surface area contributed by atoms with Gasteiger partial charge in [0, 0.05) is 10.9 Å². The molecule has 0 atom stereocenters. The van der Waals surface area contributed by atoms with Gasteiger partial charge < -0.3 is 10.5 Å². The molecule has 0 aliphatic heterocycles. The Morgan fingerprint density at radius 3 is 2.86 bits per heavy atom. The lowest BCUT2D eigenvalue weighted by molar-refractivity contribution is 0.319. The van der Waals surface area contributed by atoms with Crippen LogP contribution in [0.3, 0.4) is 0 Å². The summed E-state index contributed by atoms with van der Waals surface area (Å²) in [6.45, 7) is 2.76. The Bertz CT molecular complexity index is 720. The fraction of sp³-hybridized carbons (Fsp3) is 0.188. The van der Waals surface area contributed by atoms with Gasteiger partial charge in [-0.3, -0.25) is 0 Å². The molecule has 0 amide bonds. The van der Waals surface area contributed by atoms with Crippen LogP contribution in [0.1, 0.15) is 13.3 Å². The molecular formula is C16H16N2OS2. The standard InChI is InChI=1S/C16H16N2OS2/c1-2-7-19-14-6-5-11(9-12(14)17)16-18-13(10-21-16)15-4-3-8-20-15/h3-6,8-10H,2,7,17H2,1H3. The second-order valence-electron chi connectivity index (χ2n) is 4.62. The molecule has 0 spiro atoms. The van der Waals surface area contributed by atoms with Crippen LogP contribution in [0.4, 0.5) is 5.69 Å². The van der Waals surface area contributed by atoms with Crippen LogP contribution in [0, 0.1) is 0 Å². The van der Waals surface area contributed by atoms with E-state index in [1.807, 2.05) is 24.3 Å². The van der Waals surface area contributed by atoms with Crippen LogP contribution >= 0.6 is 22.7 Å². The number of nitrogen functional groups attached to an aromatic ring is 1. The molecule has 0 unspecified atom stereocenters. The first-order valence-corrected chi connectivity index (χ1v) is 8.56. The highest BCUT2D eigenvalue weighted by molar-refractivity contribution is 7.15. The number of benzene rings is 1. The summed E-state index contributed by atoms with van der Waals surface area (Å²) in [7, 11) is 0. The third-order valence-electron chi connectivity index (χ3n) is 3.00. The van der Waals surface area contributed by atoms with E-state index in [-0.39, 0.29) is 0 Å². The molecule has 0 saturated carbocycles. The Morgan fingerprint density at radius 1 is 1.24 bits per heavy atom. The molecule has 108 valence electrons. The maximum Gasteiger partial charge on any atom is 0.142 e. The quantitative estimate of drug-likeness (QED) is 0.680. The van der Waals surface area contributed by atoms with Crippen LogP contribution in [-0.2, 0) is 0 Å². The Kier molecular flexibility index (Phi) is 4.22. The summed E-state index contributed by atoms with van der Waals surface area (Å²) in [5.74, 6) is 0.746. The van der Waals surface area contributed by atoms with Crippen molar-refractivity contribution in [2.75, 3.05) is 12.3 Å². The van der Waals surface area contributed by atoms with Crippen molar-refractivity contribution in [3.63, 3.8) is 0 Å². The monoisotopic (exact) mass is 316 g/mol. The summed E-state index contributed by atoms with van der Waals surface area (Å²) >= 11 is 3.33. The van der Waals surface area contributed by atoms with Crippen molar-refractivity contribution in [3.8, 4) is 26.9 Å². The van der Waals surface area contributed by atoms with E-state index in [1.165, 1.54) is 4.88 Å². The smallest absolute Gasteiger partial charge is 0.142 e. The van der Waals surface area contributed by atoms with Crippen molar-refractivity contribution in [2.24, 2.45) is 0 Å². The lowest BCUT2D eigenvalue weighted by Gasteiger charge is -2.08. The van der Waals surface area contributed by atoms with Gasteiger partial charge in [-0.15, -0.1) is 22.7 Å². The molecule has 3 nitrogen and oxygen atoms in total. The summed E-state index contributed by atoms with van der Waals surface area (Å²) in [5.41, 5.74) is 8.77. The average molecular weight is 316 g/mol. The number of nitrogens with two attached hydrogens (primary N) is 1. The van der Waals surface area contributed by atoms with Crippen LogP contribution in [0.5, 0.6) is 5.75 Å². The summed E-state index contributed by atoms with van der Waals surface area (Å²) in [6, 6.07) is 9.99. The number of nitrogens with zero attached hydrogens (tertiary/aromatic N) is 1. The van der Waals surface area contributed by atoms with E-state index in [2.05, 4.69) is 28.7 Å². The molecule has 0 radical (unpaired) electrons. The highest BCUT2D eigenvalue weighted by Gasteiger charge is 2.09. The van der Waals surface area contributed by atoms with Crippen molar-refractivity contribution in [2.45, 2.75) is 13.3 Å². The van der Waals surface area contributed by atoms with Crippen LogP contribution < -0.4 is 10.5 Å². The largest absolute Gasteiger partial charge is 0.491 e.